The zero-order valence-corrected chi connectivity index (χ0v) is 12.2. The van der Waals surface area contributed by atoms with E-state index < -0.39 is 0 Å². The van der Waals surface area contributed by atoms with Crippen molar-refractivity contribution in [2.24, 2.45) is 0 Å². The van der Waals surface area contributed by atoms with Gasteiger partial charge >= 0.3 is 0 Å². The summed E-state index contributed by atoms with van der Waals surface area (Å²) in [7, 11) is 0. The summed E-state index contributed by atoms with van der Waals surface area (Å²) in [6.07, 6.45) is 0. The largest absolute Gasteiger partial charge is 0.486 e. The maximum atomic E-state index is 6.07. The Morgan fingerprint density at radius 2 is 1.86 bits per heavy atom. The Kier molecular flexibility index (Phi) is 2.79. The molecule has 4 nitrogen and oxygen atoms in total. The molecule has 5 heteroatoms. The third-order valence-electron chi connectivity index (χ3n) is 3.58. The number of aryl methyl sites for hydroxylation is 1. The quantitative estimate of drug-likeness (QED) is 0.740. The predicted molar refractivity (Wildman–Crippen MR) is 82.3 cm³/mol. The van der Waals surface area contributed by atoms with Crippen LogP contribution in [0.3, 0.4) is 0 Å². The number of fused-ring (bicyclic) bond motifs is 2. The van der Waals surface area contributed by atoms with Crippen LogP contribution in [-0.2, 0) is 0 Å². The fraction of sp³-hybridized carbons (Fsp3) is 0.188. The lowest BCUT2D eigenvalue weighted by atomic mass is 10.1. The van der Waals surface area contributed by atoms with E-state index in [0.29, 0.717) is 13.2 Å². The first-order valence-corrected chi connectivity index (χ1v) is 7.14. The molecule has 21 heavy (non-hydrogen) atoms. The molecule has 2 aromatic carbocycles. The van der Waals surface area contributed by atoms with Crippen LogP contribution in [0.15, 0.2) is 30.3 Å². The molecular weight excluding hydrogens is 288 g/mol. The fourth-order valence-corrected chi connectivity index (χ4v) is 2.59. The van der Waals surface area contributed by atoms with Gasteiger partial charge in [-0.25, -0.2) is 4.98 Å². The Morgan fingerprint density at radius 1 is 1.10 bits per heavy atom. The van der Waals surface area contributed by atoms with Gasteiger partial charge in [0.2, 0.25) is 0 Å². The summed E-state index contributed by atoms with van der Waals surface area (Å²) in [4.78, 5) is 7.95. The molecule has 0 atom stereocenters. The summed E-state index contributed by atoms with van der Waals surface area (Å²) in [5.74, 6) is 2.32. The molecule has 4 rings (SSSR count). The van der Waals surface area contributed by atoms with E-state index in [9.17, 15) is 0 Å². The number of aromatic amines is 1. The van der Waals surface area contributed by atoms with Gasteiger partial charge < -0.3 is 14.5 Å². The van der Waals surface area contributed by atoms with Crippen LogP contribution in [0.1, 0.15) is 5.56 Å². The van der Waals surface area contributed by atoms with Gasteiger partial charge in [-0.2, -0.15) is 0 Å². The molecule has 3 aromatic rings. The van der Waals surface area contributed by atoms with Gasteiger partial charge in [-0.15, -0.1) is 0 Å². The third-order valence-corrected chi connectivity index (χ3v) is 4.00. The molecule has 0 radical (unpaired) electrons. The van der Waals surface area contributed by atoms with E-state index in [4.69, 9.17) is 21.1 Å². The standard InChI is InChI=1S/C16H13ClN2O2/c1-9-6-10(2-3-11(9)17)16-18-12-7-14-15(8-13(12)19-16)21-5-4-20-14/h2-3,6-8H,4-5H2,1H3,(H,18,19). The summed E-state index contributed by atoms with van der Waals surface area (Å²) < 4.78 is 11.2. The third kappa shape index (κ3) is 2.12. The predicted octanol–water partition coefficient (Wildman–Crippen LogP) is 3.96. The van der Waals surface area contributed by atoms with Crippen molar-refractivity contribution >= 4 is 22.6 Å². The molecule has 1 aliphatic rings. The minimum Gasteiger partial charge on any atom is -0.486 e. The molecule has 106 valence electrons. The molecule has 1 aromatic heterocycles. The smallest absolute Gasteiger partial charge is 0.163 e. The second-order valence-corrected chi connectivity index (χ2v) is 5.47. The topological polar surface area (TPSA) is 47.1 Å². The first-order valence-electron chi connectivity index (χ1n) is 6.76. The SMILES string of the molecule is Cc1cc(-c2nc3cc4c(cc3[nH]2)OCCO4)ccc1Cl. The molecule has 0 fully saturated rings. The second kappa shape index (κ2) is 4.67. The van der Waals surface area contributed by atoms with Crippen LogP contribution in [0.5, 0.6) is 11.5 Å². The van der Waals surface area contributed by atoms with Gasteiger partial charge in [0, 0.05) is 22.7 Å². The number of aromatic nitrogens is 2. The zero-order chi connectivity index (χ0) is 14.4. The number of benzene rings is 2. The highest BCUT2D eigenvalue weighted by molar-refractivity contribution is 6.31. The number of hydrogen-bond acceptors (Lipinski definition) is 3. The van der Waals surface area contributed by atoms with Crippen LogP contribution in [0.4, 0.5) is 0 Å². The highest BCUT2D eigenvalue weighted by Crippen LogP contribution is 2.35. The van der Waals surface area contributed by atoms with E-state index in [2.05, 4.69) is 9.97 Å². The fourth-order valence-electron chi connectivity index (χ4n) is 2.48. The molecule has 0 spiro atoms. The van der Waals surface area contributed by atoms with Crippen LogP contribution >= 0.6 is 11.6 Å². The average molecular weight is 301 g/mol. The number of ether oxygens (including phenoxy) is 2. The monoisotopic (exact) mass is 300 g/mol. The highest BCUT2D eigenvalue weighted by Gasteiger charge is 2.15. The van der Waals surface area contributed by atoms with Gasteiger partial charge in [0.05, 0.1) is 11.0 Å². The molecule has 0 saturated carbocycles. The van der Waals surface area contributed by atoms with Crippen molar-refractivity contribution in [1.82, 2.24) is 9.97 Å². The van der Waals surface area contributed by atoms with E-state index in [1.807, 2.05) is 37.3 Å². The van der Waals surface area contributed by atoms with Gasteiger partial charge in [-0.1, -0.05) is 11.6 Å². The first kappa shape index (κ1) is 12.5. The molecule has 1 N–H and O–H groups in total. The second-order valence-electron chi connectivity index (χ2n) is 5.06. The van der Waals surface area contributed by atoms with Crippen LogP contribution in [0.2, 0.25) is 5.02 Å². The average Bonchev–Trinajstić information content (AvgIpc) is 2.90. The maximum absolute atomic E-state index is 6.07. The maximum Gasteiger partial charge on any atom is 0.163 e. The number of hydrogen-bond donors (Lipinski definition) is 1. The van der Waals surface area contributed by atoms with Gasteiger partial charge in [0.1, 0.15) is 19.0 Å². The van der Waals surface area contributed by atoms with E-state index in [1.165, 1.54) is 0 Å². The van der Waals surface area contributed by atoms with Gasteiger partial charge in [-0.05, 0) is 30.7 Å². The van der Waals surface area contributed by atoms with E-state index in [0.717, 1.165) is 44.5 Å². The Hall–Kier alpha value is -2.20. The normalized spacial score (nSPS) is 13.6. The number of imidazole rings is 1. The van der Waals surface area contributed by atoms with Crippen molar-refractivity contribution < 1.29 is 9.47 Å². The number of nitrogens with zero attached hydrogens (tertiary/aromatic N) is 1. The molecule has 0 unspecified atom stereocenters. The van der Waals surface area contributed by atoms with Crippen molar-refractivity contribution in [2.75, 3.05) is 13.2 Å². The van der Waals surface area contributed by atoms with Crippen molar-refractivity contribution in [3.8, 4) is 22.9 Å². The Morgan fingerprint density at radius 3 is 2.62 bits per heavy atom. The molecular formula is C16H13ClN2O2. The Balaban J connectivity index is 1.84. The van der Waals surface area contributed by atoms with Crippen molar-refractivity contribution in [2.45, 2.75) is 6.92 Å². The number of H-pyrrole nitrogens is 1. The molecule has 0 amide bonds. The summed E-state index contributed by atoms with van der Waals surface area (Å²) in [5.41, 5.74) is 3.83. The molecule has 0 bridgehead atoms. The van der Waals surface area contributed by atoms with Crippen LogP contribution in [-0.4, -0.2) is 23.2 Å². The lowest BCUT2D eigenvalue weighted by molar-refractivity contribution is 0.172. The number of halogens is 1. The minimum atomic E-state index is 0.576. The van der Waals surface area contributed by atoms with Gasteiger partial charge in [0.25, 0.3) is 0 Å². The van der Waals surface area contributed by atoms with E-state index in [-0.39, 0.29) is 0 Å². The number of nitrogens with one attached hydrogen (secondary N) is 1. The summed E-state index contributed by atoms with van der Waals surface area (Å²) >= 11 is 6.07. The van der Waals surface area contributed by atoms with Crippen LogP contribution in [0.25, 0.3) is 22.4 Å². The minimum absolute atomic E-state index is 0.576. The van der Waals surface area contributed by atoms with E-state index in [1.54, 1.807) is 0 Å². The lowest BCUT2D eigenvalue weighted by Crippen LogP contribution is -2.15. The molecule has 2 heterocycles. The Bertz CT molecular complexity index is 799. The van der Waals surface area contributed by atoms with Crippen molar-refractivity contribution in [1.29, 1.82) is 0 Å². The molecule has 0 saturated heterocycles. The summed E-state index contributed by atoms with van der Waals surface area (Å²) in [6, 6.07) is 9.71. The van der Waals surface area contributed by atoms with Crippen molar-refractivity contribution in [3.05, 3.63) is 40.9 Å². The van der Waals surface area contributed by atoms with Crippen LogP contribution < -0.4 is 9.47 Å². The first-order chi connectivity index (χ1) is 10.2. The highest BCUT2D eigenvalue weighted by atomic mass is 35.5. The summed E-state index contributed by atoms with van der Waals surface area (Å²) in [5, 5.41) is 0.757. The summed E-state index contributed by atoms with van der Waals surface area (Å²) in [6.45, 7) is 3.14. The van der Waals surface area contributed by atoms with Crippen molar-refractivity contribution in [3.63, 3.8) is 0 Å². The van der Waals surface area contributed by atoms with E-state index >= 15 is 0 Å². The Labute approximate surface area is 126 Å². The van der Waals surface area contributed by atoms with Crippen LogP contribution in [0, 0.1) is 6.92 Å². The molecule has 1 aliphatic heterocycles. The van der Waals surface area contributed by atoms with Gasteiger partial charge in [0.15, 0.2) is 11.5 Å². The molecule has 0 aliphatic carbocycles. The lowest BCUT2D eigenvalue weighted by Gasteiger charge is -2.17. The number of rotatable bonds is 1. The van der Waals surface area contributed by atoms with Gasteiger partial charge in [-0.3, -0.25) is 0 Å². The zero-order valence-electron chi connectivity index (χ0n) is 11.4.